The van der Waals surface area contributed by atoms with Gasteiger partial charge < -0.3 is 9.47 Å². The largest absolute Gasteiger partial charge is 0.494 e. The Kier molecular flexibility index (Phi) is 6.45. The van der Waals surface area contributed by atoms with Crippen molar-refractivity contribution in [1.82, 2.24) is 0 Å². The number of nitro benzene ring substituents is 1. The molecule has 0 aliphatic carbocycles. The predicted octanol–water partition coefficient (Wildman–Crippen LogP) is 4.20. The minimum atomic E-state index is -0.724. The number of hydrogen-bond acceptors (Lipinski definition) is 5. The summed E-state index contributed by atoms with van der Waals surface area (Å²) in [6, 6.07) is 10.4. The quantitative estimate of drug-likeness (QED) is 0.235. The molecular weight excluding hydrogens is 329 g/mol. The van der Waals surface area contributed by atoms with Gasteiger partial charge in [0.2, 0.25) is 5.75 Å². The summed E-state index contributed by atoms with van der Waals surface area (Å²) in [5, 5.41) is 10.8. The molecule has 0 fully saturated rings. The number of aryl methyl sites for hydroxylation is 1. The summed E-state index contributed by atoms with van der Waals surface area (Å²) in [5.41, 5.74) is 0.648. The molecule has 25 heavy (non-hydrogen) atoms. The number of carbonyl (C=O) groups excluding carboxylic acids is 1. The number of nitrogens with zero attached hydrogens (tertiary/aromatic N) is 1. The maximum absolute atomic E-state index is 13.2. The molecule has 0 saturated carbocycles. The molecule has 0 amide bonds. The van der Waals surface area contributed by atoms with E-state index in [-0.39, 0.29) is 12.2 Å². The zero-order chi connectivity index (χ0) is 18.2. The molecule has 132 valence electrons. The third kappa shape index (κ3) is 5.87. The molecule has 2 rings (SSSR count). The standard InChI is InChI=1S/C18H18FNO5/c1-13-5-4-6-15(11-13)24-10-3-2-7-18(21)25-17-12-14(19)8-9-16(17)20(22)23/h4-6,8-9,11-12H,2-3,7,10H2,1H3. The SMILES string of the molecule is Cc1cccc(OCCCCC(=O)Oc2cc(F)ccc2[N+](=O)[O-])c1. The Bertz CT molecular complexity index is 763. The highest BCUT2D eigenvalue weighted by Gasteiger charge is 2.18. The summed E-state index contributed by atoms with van der Waals surface area (Å²) in [5.74, 6) is -0.979. The lowest BCUT2D eigenvalue weighted by molar-refractivity contribution is -0.385. The smallest absolute Gasteiger partial charge is 0.311 e. The van der Waals surface area contributed by atoms with Crippen LogP contribution in [0.15, 0.2) is 42.5 Å². The summed E-state index contributed by atoms with van der Waals surface area (Å²) < 4.78 is 23.6. The fourth-order valence-corrected chi connectivity index (χ4v) is 2.16. The molecule has 0 bridgehead atoms. The van der Waals surface area contributed by atoms with Crippen LogP contribution in [0.4, 0.5) is 10.1 Å². The molecule has 0 heterocycles. The van der Waals surface area contributed by atoms with Gasteiger partial charge in [0.1, 0.15) is 11.6 Å². The molecule has 2 aromatic carbocycles. The molecule has 0 radical (unpaired) electrons. The lowest BCUT2D eigenvalue weighted by Crippen LogP contribution is -2.10. The van der Waals surface area contributed by atoms with Gasteiger partial charge in [-0.15, -0.1) is 0 Å². The zero-order valence-corrected chi connectivity index (χ0v) is 13.7. The molecule has 0 aliphatic heterocycles. The number of ether oxygens (including phenoxy) is 2. The second-order valence-electron chi connectivity index (χ2n) is 5.47. The number of rotatable bonds is 8. The number of nitro groups is 1. The van der Waals surface area contributed by atoms with Crippen LogP contribution in [0.25, 0.3) is 0 Å². The first kappa shape index (κ1) is 18.4. The van der Waals surface area contributed by atoms with E-state index in [4.69, 9.17) is 9.47 Å². The Morgan fingerprint density at radius 1 is 1.20 bits per heavy atom. The minimum absolute atomic E-state index is 0.0604. The minimum Gasteiger partial charge on any atom is -0.494 e. The van der Waals surface area contributed by atoms with Crippen LogP contribution in [-0.2, 0) is 4.79 Å². The Hall–Kier alpha value is -2.96. The average molecular weight is 347 g/mol. The van der Waals surface area contributed by atoms with E-state index >= 15 is 0 Å². The summed E-state index contributed by atoms with van der Waals surface area (Å²) >= 11 is 0. The Labute approximate surface area is 144 Å². The van der Waals surface area contributed by atoms with E-state index in [2.05, 4.69) is 0 Å². The monoisotopic (exact) mass is 347 g/mol. The van der Waals surface area contributed by atoms with E-state index in [9.17, 15) is 19.3 Å². The highest BCUT2D eigenvalue weighted by atomic mass is 19.1. The van der Waals surface area contributed by atoms with Crippen LogP contribution in [0.1, 0.15) is 24.8 Å². The van der Waals surface area contributed by atoms with Crippen molar-refractivity contribution in [3.8, 4) is 11.5 Å². The molecule has 0 unspecified atom stereocenters. The van der Waals surface area contributed by atoms with Crippen LogP contribution in [0, 0.1) is 22.9 Å². The molecule has 0 spiro atoms. The topological polar surface area (TPSA) is 78.7 Å². The third-order valence-electron chi connectivity index (χ3n) is 3.38. The van der Waals surface area contributed by atoms with Crippen molar-refractivity contribution in [2.75, 3.05) is 6.61 Å². The van der Waals surface area contributed by atoms with Gasteiger partial charge in [0.25, 0.3) is 0 Å². The van der Waals surface area contributed by atoms with Crippen molar-refractivity contribution >= 4 is 11.7 Å². The first-order valence-electron chi connectivity index (χ1n) is 7.80. The summed E-state index contributed by atoms with van der Waals surface area (Å²) in [4.78, 5) is 21.9. The number of carbonyl (C=O) groups is 1. The summed E-state index contributed by atoms with van der Waals surface area (Å²) in [6.07, 6.45) is 1.17. The normalized spacial score (nSPS) is 10.3. The zero-order valence-electron chi connectivity index (χ0n) is 13.7. The van der Waals surface area contributed by atoms with Crippen molar-refractivity contribution in [1.29, 1.82) is 0 Å². The van der Waals surface area contributed by atoms with Gasteiger partial charge in [0.15, 0.2) is 0 Å². The van der Waals surface area contributed by atoms with Crippen LogP contribution in [0.2, 0.25) is 0 Å². The van der Waals surface area contributed by atoms with Crippen molar-refractivity contribution in [2.24, 2.45) is 0 Å². The van der Waals surface area contributed by atoms with Gasteiger partial charge in [-0.25, -0.2) is 4.39 Å². The van der Waals surface area contributed by atoms with E-state index in [1.165, 1.54) is 0 Å². The van der Waals surface area contributed by atoms with E-state index in [1.807, 2.05) is 31.2 Å². The van der Waals surface area contributed by atoms with E-state index < -0.39 is 22.4 Å². The molecule has 2 aromatic rings. The van der Waals surface area contributed by atoms with Crippen molar-refractivity contribution in [2.45, 2.75) is 26.2 Å². The van der Waals surface area contributed by atoms with Crippen LogP contribution >= 0.6 is 0 Å². The molecule has 0 N–H and O–H groups in total. The number of esters is 1. The number of halogens is 1. The van der Waals surface area contributed by atoms with Crippen LogP contribution in [0.3, 0.4) is 0 Å². The first-order chi connectivity index (χ1) is 12.0. The van der Waals surface area contributed by atoms with E-state index in [1.54, 1.807) is 0 Å². The predicted molar refractivity (Wildman–Crippen MR) is 89.2 cm³/mol. The lowest BCUT2D eigenvalue weighted by atomic mass is 10.2. The lowest BCUT2D eigenvalue weighted by Gasteiger charge is -2.07. The Morgan fingerprint density at radius 3 is 2.72 bits per heavy atom. The van der Waals surface area contributed by atoms with Gasteiger partial charge >= 0.3 is 11.7 Å². The van der Waals surface area contributed by atoms with Crippen LogP contribution in [-0.4, -0.2) is 17.5 Å². The molecule has 0 saturated heterocycles. The fraction of sp³-hybridized carbons (Fsp3) is 0.278. The van der Waals surface area contributed by atoms with Gasteiger partial charge in [-0.1, -0.05) is 12.1 Å². The fourth-order valence-electron chi connectivity index (χ4n) is 2.16. The first-order valence-corrected chi connectivity index (χ1v) is 7.80. The van der Waals surface area contributed by atoms with Crippen LogP contribution in [0.5, 0.6) is 11.5 Å². The Balaban J connectivity index is 1.76. The maximum atomic E-state index is 13.2. The Morgan fingerprint density at radius 2 is 2.00 bits per heavy atom. The number of unbranched alkanes of at least 4 members (excludes halogenated alkanes) is 1. The molecule has 0 atom stereocenters. The molecule has 0 aliphatic rings. The highest BCUT2D eigenvalue weighted by Crippen LogP contribution is 2.27. The average Bonchev–Trinajstić information content (AvgIpc) is 2.54. The maximum Gasteiger partial charge on any atom is 0.311 e. The second-order valence-corrected chi connectivity index (χ2v) is 5.47. The van der Waals surface area contributed by atoms with Gasteiger partial charge in [-0.05, 0) is 43.5 Å². The number of hydrogen-bond donors (Lipinski definition) is 0. The van der Waals surface area contributed by atoms with Crippen molar-refractivity contribution in [3.63, 3.8) is 0 Å². The van der Waals surface area contributed by atoms with Gasteiger partial charge in [0.05, 0.1) is 11.5 Å². The summed E-state index contributed by atoms with van der Waals surface area (Å²) in [7, 11) is 0. The molecular formula is C18H18FNO5. The highest BCUT2D eigenvalue weighted by molar-refractivity contribution is 5.73. The second kappa shape index (κ2) is 8.77. The number of benzene rings is 2. The van der Waals surface area contributed by atoms with Gasteiger partial charge in [0, 0.05) is 18.6 Å². The third-order valence-corrected chi connectivity index (χ3v) is 3.38. The molecule has 6 nitrogen and oxygen atoms in total. The van der Waals surface area contributed by atoms with Gasteiger partial charge in [-0.2, -0.15) is 0 Å². The van der Waals surface area contributed by atoms with E-state index in [0.717, 1.165) is 29.5 Å². The van der Waals surface area contributed by atoms with Crippen LogP contribution < -0.4 is 9.47 Å². The summed E-state index contributed by atoms with van der Waals surface area (Å²) in [6.45, 7) is 2.41. The van der Waals surface area contributed by atoms with E-state index in [0.29, 0.717) is 19.4 Å². The molecule has 0 aromatic heterocycles. The van der Waals surface area contributed by atoms with Crippen molar-refractivity contribution in [3.05, 3.63) is 64.0 Å². The molecule has 7 heteroatoms. The van der Waals surface area contributed by atoms with Crippen molar-refractivity contribution < 1.29 is 23.6 Å². The van der Waals surface area contributed by atoms with Gasteiger partial charge in [-0.3, -0.25) is 14.9 Å².